The molecule has 1 fully saturated rings. The zero-order chi connectivity index (χ0) is 24.5. The van der Waals surface area contributed by atoms with Crippen molar-refractivity contribution in [2.45, 2.75) is 44.2 Å². The standard InChI is InChI=1S/C28H26ClFN2O3/c1-35-21-12-14-25-24(16-21)23-15-19(30)11-13-22(23)28(34)32(25)26(17-7-9-18(29)10-8-17)27(33)31-20-5-3-2-4-6-20/h7-16,20,26H,2-6H2,1H3,(H,31,33). The number of rotatable bonds is 5. The highest BCUT2D eigenvalue weighted by Crippen LogP contribution is 2.31. The fraction of sp³-hybridized carbons (Fsp3) is 0.286. The molecule has 0 saturated heterocycles. The van der Waals surface area contributed by atoms with Crippen LogP contribution in [0.15, 0.2) is 65.5 Å². The first-order valence-electron chi connectivity index (χ1n) is 11.8. The smallest absolute Gasteiger partial charge is 0.259 e. The Labute approximate surface area is 207 Å². The number of hydrogen-bond acceptors (Lipinski definition) is 3. The summed E-state index contributed by atoms with van der Waals surface area (Å²) < 4.78 is 21.1. The quantitative estimate of drug-likeness (QED) is 0.348. The number of methoxy groups -OCH3 is 1. The number of ether oxygens (including phenoxy) is 1. The molecule has 0 radical (unpaired) electrons. The van der Waals surface area contributed by atoms with Crippen LogP contribution in [0.25, 0.3) is 21.7 Å². The third kappa shape index (κ3) is 4.50. The molecular weight excluding hydrogens is 467 g/mol. The van der Waals surface area contributed by atoms with Crippen LogP contribution in [0.3, 0.4) is 0 Å². The van der Waals surface area contributed by atoms with Crippen LogP contribution in [0, 0.1) is 5.82 Å². The molecule has 5 nitrogen and oxygen atoms in total. The van der Waals surface area contributed by atoms with E-state index in [4.69, 9.17) is 16.3 Å². The van der Waals surface area contributed by atoms with Crippen LogP contribution in [0.5, 0.6) is 5.75 Å². The van der Waals surface area contributed by atoms with Crippen LogP contribution in [0.1, 0.15) is 43.7 Å². The van der Waals surface area contributed by atoms with Crippen molar-refractivity contribution in [3.05, 3.63) is 87.4 Å². The average molecular weight is 493 g/mol. The molecule has 1 heterocycles. The van der Waals surface area contributed by atoms with Crippen molar-refractivity contribution in [2.24, 2.45) is 0 Å². The lowest BCUT2D eigenvalue weighted by Gasteiger charge is -2.28. The van der Waals surface area contributed by atoms with Crippen LogP contribution in [0.4, 0.5) is 4.39 Å². The Morgan fingerprint density at radius 3 is 2.46 bits per heavy atom. The van der Waals surface area contributed by atoms with Gasteiger partial charge in [-0.25, -0.2) is 4.39 Å². The van der Waals surface area contributed by atoms with Crippen molar-refractivity contribution >= 4 is 39.2 Å². The minimum absolute atomic E-state index is 0.0719. The summed E-state index contributed by atoms with van der Waals surface area (Å²) in [5.41, 5.74) is 0.799. The summed E-state index contributed by atoms with van der Waals surface area (Å²) in [4.78, 5) is 27.7. The first kappa shape index (κ1) is 23.4. The van der Waals surface area contributed by atoms with Crippen LogP contribution >= 0.6 is 11.6 Å². The average Bonchev–Trinajstić information content (AvgIpc) is 2.87. The van der Waals surface area contributed by atoms with E-state index in [1.54, 1.807) is 49.6 Å². The summed E-state index contributed by atoms with van der Waals surface area (Å²) in [6, 6.07) is 15.4. The summed E-state index contributed by atoms with van der Waals surface area (Å²) in [5.74, 6) is -0.120. The molecule has 35 heavy (non-hydrogen) atoms. The fourth-order valence-electron chi connectivity index (χ4n) is 5.08. The zero-order valence-electron chi connectivity index (χ0n) is 19.4. The molecule has 0 aliphatic heterocycles. The van der Waals surface area contributed by atoms with Crippen molar-refractivity contribution in [1.82, 2.24) is 9.88 Å². The van der Waals surface area contributed by atoms with Gasteiger partial charge in [0.25, 0.3) is 5.56 Å². The van der Waals surface area contributed by atoms with Gasteiger partial charge in [0, 0.05) is 21.8 Å². The Morgan fingerprint density at radius 1 is 1.00 bits per heavy atom. The third-order valence-corrected chi connectivity index (χ3v) is 7.08. The SMILES string of the molecule is COc1ccc2c(c1)c1cc(F)ccc1c(=O)n2C(C(=O)NC1CCCCC1)c1ccc(Cl)cc1. The second kappa shape index (κ2) is 9.70. The number of pyridine rings is 1. The second-order valence-electron chi connectivity index (χ2n) is 9.05. The molecular formula is C28H26ClFN2O3. The Bertz CT molecular complexity index is 1460. The Kier molecular flexibility index (Phi) is 6.48. The maximum Gasteiger partial charge on any atom is 0.259 e. The molecule has 0 bridgehead atoms. The predicted octanol–water partition coefficient (Wildman–Crippen LogP) is 5.99. The topological polar surface area (TPSA) is 60.3 Å². The molecule has 0 spiro atoms. The Balaban J connectivity index is 1.77. The van der Waals surface area contributed by atoms with E-state index in [1.165, 1.54) is 29.2 Å². The van der Waals surface area contributed by atoms with Gasteiger partial charge in [-0.1, -0.05) is 43.0 Å². The lowest BCUT2D eigenvalue weighted by molar-refractivity contribution is -0.124. The lowest BCUT2D eigenvalue weighted by Crippen LogP contribution is -2.43. The number of nitrogens with zero attached hydrogens (tertiary/aromatic N) is 1. The molecule has 1 saturated carbocycles. The summed E-state index contributed by atoms with van der Waals surface area (Å²) in [7, 11) is 1.55. The maximum atomic E-state index is 14.2. The van der Waals surface area contributed by atoms with Gasteiger partial charge in [-0.3, -0.25) is 14.2 Å². The largest absolute Gasteiger partial charge is 0.497 e. The van der Waals surface area contributed by atoms with E-state index in [2.05, 4.69) is 5.32 Å². The molecule has 180 valence electrons. The van der Waals surface area contributed by atoms with E-state index in [9.17, 15) is 14.0 Å². The molecule has 1 N–H and O–H groups in total. The number of nitrogens with one attached hydrogen (secondary N) is 1. The molecule has 1 unspecified atom stereocenters. The molecule has 5 rings (SSSR count). The number of amides is 1. The van der Waals surface area contributed by atoms with E-state index in [-0.39, 0.29) is 17.5 Å². The van der Waals surface area contributed by atoms with Crippen molar-refractivity contribution in [2.75, 3.05) is 7.11 Å². The molecule has 1 aliphatic carbocycles. The Hall–Kier alpha value is -3.38. The second-order valence-corrected chi connectivity index (χ2v) is 9.48. The molecule has 1 aromatic heterocycles. The highest BCUT2D eigenvalue weighted by Gasteiger charge is 2.29. The zero-order valence-corrected chi connectivity index (χ0v) is 20.1. The molecule has 1 amide bonds. The first-order valence-corrected chi connectivity index (χ1v) is 12.2. The number of fused-ring (bicyclic) bond motifs is 3. The van der Waals surface area contributed by atoms with E-state index >= 15 is 0 Å². The van der Waals surface area contributed by atoms with Gasteiger partial charge in [0.1, 0.15) is 17.6 Å². The van der Waals surface area contributed by atoms with Crippen molar-refractivity contribution in [3.8, 4) is 5.75 Å². The van der Waals surface area contributed by atoms with E-state index in [0.717, 1.165) is 25.7 Å². The molecule has 1 aliphatic rings. The van der Waals surface area contributed by atoms with Gasteiger partial charge in [-0.15, -0.1) is 0 Å². The highest BCUT2D eigenvalue weighted by molar-refractivity contribution is 6.30. The fourth-order valence-corrected chi connectivity index (χ4v) is 5.21. The number of carbonyl (C=O) groups excluding carboxylic acids is 1. The number of aromatic nitrogens is 1. The molecule has 4 aromatic rings. The third-order valence-electron chi connectivity index (χ3n) is 6.83. The van der Waals surface area contributed by atoms with Crippen LogP contribution in [0.2, 0.25) is 5.02 Å². The normalized spacial score (nSPS) is 15.3. The summed E-state index contributed by atoms with van der Waals surface area (Å²) >= 11 is 6.13. The summed E-state index contributed by atoms with van der Waals surface area (Å²) in [6.07, 6.45) is 5.15. The van der Waals surface area contributed by atoms with Gasteiger partial charge in [-0.2, -0.15) is 0 Å². The van der Waals surface area contributed by atoms with Crippen molar-refractivity contribution in [3.63, 3.8) is 0 Å². The van der Waals surface area contributed by atoms with Gasteiger partial charge >= 0.3 is 0 Å². The maximum absolute atomic E-state index is 14.2. The first-order chi connectivity index (χ1) is 17.0. The van der Waals surface area contributed by atoms with E-state index < -0.39 is 11.9 Å². The van der Waals surface area contributed by atoms with Crippen molar-refractivity contribution < 1.29 is 13.9 Å². The van der Waals surface area contributed by atoms with Gasteiger partial charge in [0.15, 0.2) is 0 Å². The minimum atomic E-state index is -0.924. The number of halogens is 2. The number of benzene rings is 3. The van der Waals surface area contributed by atoms with E-state index in [1.807, 2.05) is 0 Å². The molecule has 7 heteroatoms. The van der Waals surface area contributed by atoms with Gasteiger partial charge in [0.05, 0.1) is 12.6 Å². The highest BCUT2D eigenvalue weighted by atomic mass is 35.5. The van der Waals surface area contributed by atoms with Crippen LogP contribution in [-0.4, -0.2) is 23.6 Å². The Morgan fingerprint density at radius 2 is 1.74 bits per heavy atom. The summed E-state index contributed by atoms with van der Waals surface area (Å²) in [5, 5.41) is 5.16. The number of hydrogen-bond donors (Lipinski definition) is 1. The monoisotopic (exact) mass is 492 g/mol. The molecule has 1 atom stereocenters. The predicted molar refractivity (Wildman–Crippen MR) is 137 cm³/mol. The summed E-state index contributed by atoms with van der Waals surface area (Å²) in [6.45, 7) is 0. The van der Waals surface area contributed by atoms with Gasteiger partial charge in [-0.05, 0) is 72.3 Å². The minimum Gasteiger partial charge on any atom is -0.497 e. The van der Waals surface area contributed by atoms with Crippen LogP contribution < -0.4 is 15.6 Å². The lowest BCUT2D eigenvalue weighted by atomic mass is 9.94. The van der Waals surface area contributed by atoms with E-state index in [0.29, 0.717) is 38.0 Å². The van der Waals surface area contributed by atoms with Gasteiger partial charge < -0.3 is 10.1 Å². The molecule has 3 aromatic carbocycles. The van der Waals surface area contributed by atoms with Gasteiger partial charge in [0.2, 0.25) is 5.91 Å². The van der Waals surface area contributed by atoms with Crippen molar-refractivity contribution in [1.29, 1.82) is 0 Å². The number of carbonyl (C=O) groups is 1. The van der Waals surface area contributed by atoms with Crippen LogP contribution in [-0.2, 0) is 4.79 Å².